The fraction of sp³-hybridized carbons (Fsp3) is 0.484. The van der Waals surface area contributed by atoms with Crippen molar-refractivity contribution in [2.45, 2.75) is 70.1 Å². The van der Waals surface area contributed by atoms with Gasteiger partial charge in [0.2, 0.25) is 17.8 Å². The van der Waals surface area contributed by atoms with Gasteiger partial charge in [-0.3, -0.25) is 29.3 Å². The number of aryl methyl sites for hydroxylation is 1. The SMILES string of the molecule is Cn1ncc(-c2nc(NC3CCN(Cc4cc(F)c5c(c4)CN(C4CCC(=O)NC4=O)C5=O)CC3)ncc2Cl)c1CC1CC1. The summed E-state index contributed by atoms with van der Waals surface area (Å²) in [6.45, 7) is 2.30. The van der Waals surface area contributed by atoms with E-state index in [-0.39, 0.29) is 36.9 Å². The number of aromatic nitrogens is 4. The Morgan fingerprint density at radius 1 is 1.09 bits per heavy atom. The van der Waals surface area contributed by atoms with E-state index in [4.69, 9.17) is 16.6 Å². The molecule has 5 heterocycles. The number of benzene rings is 1. The Morgan fingerprint density at radius 2 is 1.89 bits per heavy atom. The molecule has 1 aromatic carbocycles. The second-order valence-corrected chi connectivity index (χ2v) is 12.8. The third-order valence-electron chi connectivity index (χ3n) is 9.20. The van der Waals surface area contributed by atoms with Gasteiger partial charge in [0.25, 0.3) is 5.91 Å². The summed E-state index contributed by atoms with van der Waals surface area (Å²) >= 11 is 6.54. The van der Waals surface area contributed by atoms with E-state index in [0.29, 0.717) is 34.7 Å². The van der Waals surface area contributed by atoms with Gasteiger partial charge in [-0.15, -0.1) is 0 Å². The number of rotatable bonds is 8. The first-order valence-corrected chi connectivity index (χ1v) is 15.6. The number of fused-ring (bicyclic) bond motifs is 1. The molecule has 2 saturated heterocycles. The van der Waals surface area contributed by atoms with Crippen LogP contribution >= 0.6 is 11.6 Å². The summed E-state index contributed by atoms with van der Waals surface area (Å²) in [5.74, 6) is -0.684. The maximum absolute atomic E-state index is 15.2. The Bertz CT molecular complexity index is 1650. The molecular formula is C31H34ClFN8O3. The predicted octanol–water partition coefficient (Wildman–Crippen LogP) is 3.46. The van der Waals surface area contributed by atoms with Gasteiger partial charge >= 0.3 is 0 Å². The molecule has 2 N–H and O–H groups in total. The first-order chi connectivity index (χ1) is 21.2. The number of piperidine rings is 2. The monoisotopic (exact) mass is 620 g/mol. The van der Waals surface area contributed by atoms with Gasteiger partial charge in [0.15, 0.2) is 0 Å². The molecule has 1 aliphatic carbocycles. The standard InChI is InChI=1S/C31H34ClFN8O3/c1-39-25(12-17-2-3-17)21(13-35-39)28-22(32)14-34-31(38-28)36-20-6-8-40(9-7-20)15-18-10-19-16-41(30(44)27(19)23(33)11-18)24-4-5-26(42)37-29(24)43/h10-11,13-14,17,20,24H,2-9,12,15-16H2,1H3,(H,34,36,38)(H,37,42,43). The minimum Gasteiger partial charge on any atom is -0.351 e. The Kier molecular flexibility index (Phi) is 7.57. The Morgan fingerprint density at radius 3 is 2.64 bits per heavy atom. The van der Waals surface area contributed by atoms with E-state index in [1.807, 2.05) is 24.0 Å². The summed E-state index contributed by atoms with van der Waals surface area (Å²) in [6, 6.07) is 2.70. The van der Waals surface area contributed by atoms with Crippen LogP contribution in [0, 0.1) is 11.7 Å². The normalized spacial score (nSPS) is 21.1. The van der Waals surface area contributed by atoms with E-state index in [0.717, 1.165) is 49.2 Å². The number of amides is 3. The highest BCUT2D eigenvalue weighted by atomic mass is 35.5. The Labute approximate surface area is 259 Å². The first-order valence-electron chi connectivity index (χ1n) is 15.2. The zero-order valence-electron chi connectivity index (χ0n) is 24.5. The van der Waals surface area contributed by atoms with Crippen LogP contribution in [0.25, 0.3) is 11.3 Å². The molecule has 3 aromatic rings. The fourth-order valence-electron chi connectivity index (χ4n) is 6.61. The second kappa shape index (κ2) is 11.6. The van der Waals surface area contributed by atoms with E-state index in [9.17, 15) is 14.4 Å². The third kappa shape index (κ3) is 5.68. The van der Waals surface area contributed by atoms with Gasteiger partial charge in [-0.05, 0) is 61.6 Å². The molecule has 4 aliphatic rings. The highest BCUT2D eigenvalue weighted by molar-refractivity contribution is 6.33. The molecule has 3 amide bonds. The van der Waals surface area contributed by atoms with E-state index in [1.165, 1.54) is 23.8 Å². The lowest BCUT2D eigenvalue weighted by atomic mass is 10.0. The van der Waals surface area contributed by atoms with Crippen molar-refractivity contribution < 1.29 is 18.8 Å². The second-order valence-electron chi connectivity index (χ2n) is 12.4. The van der Waals surface area contributed by atoms with E-state index < -0.39 is 23.7 Å². The molecule has 13 heteroatoms. The number of halogens is 2. The maximum Gasteiger partial charge on any atom is 0.258 e. The largest absolute Gasteiger partial charge is 0.351 e. The molecule has 7 rings (SSSR count). The predicted molar refractivity (Wildman–Crippen MR) is 160 cm³/mol. The number of carbonyl (C=O) groups is 3. The quantitative estimate of drug-likeness (QED) is 0.367. The molecule has 3 fully saturated rings. The van der Waals surface area contributed by atoms with Crippen molar-refractivity contribution in [1.82, 2.24) is 34.9 Å². The van der Waals surface area contributed by atoms with Gasteiger partial charge in [-0.1, -0.05) is 17.7 Å². The first kappa shape index (κ1) is 28.8. The molecule has 1 saturated carbocycles. The smallest absolute Gasteiger partial charge is 0.258 e. The topological polar surface area (TPSA) is 125 Å². The maximum atomic E-state index is 15.2. The lowest BCUT2D eigenvalue weighted by Crippen LogP contribution is -2.52. The molecule has 0 bridgehead atoms. The van der Waals surface area contributed by atoms with Crippen LogP contribution in [0.1, 0.15) is 65.7 Å². The van der Waals surface area contributed by atoms with Gasteiger partial charge in [-0.25, -0.2) is 14.4 Å². The van der Waals surface area contributed by atoms with Crippen molar-refractivity contribution in [2.24, 2.45) is 13.0 Å². The summed E-state index contributed by atoms with van der Waals surface area (Å²) < 4.78 is 17.1. The molecule has 3 aliphatic heterocycles. The average molecular weight is 621 g/mol. The third-order valence-corrected chi connectivity index (χ3v) is 9.48. The van der Waals surface area contributed by atoms with E-state index in [1.54, 1.807) is 6.20 Å². The van der Waals surface area contributed by atoms with Crippen LogP contribution in [-0.4, -0.2) is 72.4 Å². The zero-order valence-corrected chi connectivity index (χ0v) is 25.2. The molecule has 11 nitrogen and oxygen atoms in total. The number of nitrogens with one attached hydrogen (secondary N) is 2. The lowest BCUT2D eigenvalue weighted by molar-refractivity contribution is -0.136. The average Bonchev–Trinajstić information content (AvgIpc) is 3.66. The van der Waals surface area contributed by atoms with Crippen molar-refractivity contribution >= 4 is 35.3 Å². The lowest BCUT2D eigenvalue weighted by Gasteiger charge is -2.32. The van der Waals surface area contributed by atoms with Crippen molar-refractivity contribution in [3.63, 3.8) is 0 Å². The molecule has 0 radical (unpaired) electrons. The molecule has 230 valence electrons. The molecule has 2 aromatic heterocycles. The van der Waals surface area contributed by atoms with Crippen LogP contribution in [0.15, 0.2) is 24.5 Å². The van der Waals surface area contributed by atoms with Crippen molar-refractivity contribution in [2.75, 3.05) is 18.4 Å². The highest BCUT2D eigenvalue weighted by Gasteiger charge is 2.40. The van der Waals surface area contributed by atoms with Gasteiger partial charge in [-0.2, -0.15) is 5.10 Å². The number of anilines is 1. The highest BCUT2D eigenvalue weighted by Crippen LogP contribution is 2.37. The van der Waals surface area contributed by atoms with E-state index >= 15 is 4.39 Å². The summed E-state index contributed by atoms with van der Waals surface area (Å²) in [5, 5.41) is 10.7. The van der Waals surface area contributed by atoms with Crippen molar-refractivity contribution in [3.05, 3.63) is 57.8 Å². The zero-order chi connectivity index (χ0) is 30.5. The molecule has 1 unspecified atom stereocenters. The Balaban J connectivity index is 0.973. The molecule has 0 spiro atoms. The van der Waals surface area contributed by atoms with Crippen LogP contribution in [-0.2, 0) is 36.1 Å². The van der Waals surface area contributed by atoms with Gasteiger partial charge in [0.1, 0.15) is 11.9 Å². The Hall–Kier alpha value is -3.90. The van der Waals surface area contributed by atoms with Crippen molar-refractivity contribution in [3.8, 4) is 11.3 Å². The van der Waals surface area contributed by atoms with Crippen molar-refractivity contribution in [1.29, 1.82) is 0 Å². The number of hydrogen-bond donors (Lipinski definition) is 2. The summed E-state index contributed by atoms with van der Waals surface area (Å²) in [7, 11) is 1.95. The number of nitrogens with zero attached hydrogens (tertiary/aromatic N) is 6. The molecule has 44 heavy (non-hydrogen) atoms. The summed E-state index contributed by atoms with van der Waals surface area (Å²) in [6.07, 6.45) is 9.06. The van der Waals surface area contributed by atoms with Gasteiger partial charge < -0.3 is 10.2 Å². The van der Waals surface area contributed by atoms with Crippen LogP contribution in [0.3, 0.4) is 0 Å². The molecular weight excluding hydrogens is 587 g/mol. The number of carbonyl (C=O) groups excluding carboxylic acids is 3. The van der Waals surface area contributed by atoms with Crippen LogP contribution in [0.5, 0.6) is 0 Å². The minimum atomic E-state index is -0.767. The van der Waals surface area contributed by atoms with Crippen LogP contribution in [0.2, 0.25) is 5.02 Å². The number of imide groups is 1. The van der Waals surface area contributed by atoms with Crippen LogP contribution in [0.4, 0.5) is 10.3 Å². The number of hydrogen-bond acceptors (Lipinski definition) is 8. The summed E-state index contributed by atoms with van der Waals surface area (Å²) in [4.78, 5) is 49.8. The summed E-state index contributed by atoms with van der Waals surface area (Å²) in [5.41, 5.74) is 4.18. The van der Waals surface area contributed by atoms with Gasteiger partial charge in [0, 0.05) is 56.9 Å². The van der Waals surface area contributed by atoms with Gasteiger partial charge in [0.05, 0.1) is 28.7 Å². The minimum absolute atomic E-state index is 0.0228. The molecule has 1 atom stereocenters. The number of likely N-dealkylation sites (tertiary alicyclic amines) is 1. The fourth-order valence-corrected chi connectivity index (χ4v) is 6.80. The van der Waals surface area contributed by atoms with E-state index in [2.05, 4.69) is 25.6 Å². The van der Waals surface area contributed by atoms with Crippen LogP contribution < -0.4 is 10.6 Å².